The lowest BCUT2D eigenvalue weighted by molar-refractivity contribution is -0.384. The Hall–Kier alpha value is -2.69. The molecule has 0 aromatic heterocycles. The topological polar surface area (TPSA) is 109 Å². The number of hydrogen-bond acceptors (Lipinski definition) is 4. The maximum atomic E-state index is 11.7. The Morgan fingerprint density at radius 1 is 1.10 bits per heavy atom. The van der Waals surface area contributed by atoms with Crippen LogP contribution in [0.3, 0.4) is 0 Å². The van der Waals surface area contributed by atoms with E-state index in [0.29, 0.717) is 31.2 Å². The van der Waals surface area contributed by atoms with Crippen LogP contribution in [0.5, 0.6) is 0 Å². The van der Waals surface area contributed by atoms with Crippen molar-refractivity contribution in [3.05, 3.63) is 75.3 Å². The molecule has 0 aliphatic heterocycles. The minimum absolute atomic E-state index is 0. The van der Waals surface area contributed by atoms with Gasteiger partial charge in [-0.3, -0.25) is 14.9 Å². The minimum Gasteiger partial charge on any atom is -0.357 e. The van der Waals surface area contributed by atoms with Crippen molar-refractivity contribution in [1.82, 2.24) is 16.0 Å². The highest BCUT2D eigenvalue weighted by Crippen LogP contribution is 2.13. The summed E-state index contributed by atoms with van der Waals surface area (Å²) in [5.74, 6) is 0.526. The summed E-state index contributed by atoms with van der Waals surface area (Å²) in [6.07, 6.45) is 0.728. The zero-order valence-electron chi connectivity index (χ0n) is 16.5. The molecule has 0 spiro atoms. The van der Waals surface area contributed by atoms with Crippen LogP contribution in [0.15, 0.2) is 53.5 Å². The number of hydrogen-bond donors (Lipinski definition) is 3. The van der Waals surface area contributed by atoms with E-state index in [1.807, 2.05) is 31.2 Å². The molecular formula is C20H26IN5O3. The van der Waals surface area contributed by atoms with Crippen LogP contribution < -0.4 is 16.0 Å². The van der Waals surface area contributed by atoms with E-state index in [1.165, 1.54) is 12.1 Å². The number of nitro benzene ring substituents is 1. The third-order valence-electron chi connectivity index (χ3n) is 4.01. The van der Waals surface area contributed by atoms with Gasteiger partial charge in [-0.1, -0.05) is 24.3 Å². The summed E-state index contributed by atoms with van der Waals surface area (Å²) in [6.45, 7) is 3.64. The largest absolute Gasteiger partial charge is 0.357 e. The second kappa shape index (κ2) is 12.7. The first-order valence-electron chi connectivity index (χ1n) is 9.10. The minimum atomic E-state index is -0.413. The van der Waals surface area contributed by atoms with Crippen LogP contribution in [-0.4, -0.2) is 36.9 Å². The van der Waals surface area contributed by atoms with Gasteiger partial charge in [0.05, 0.1) is 11.5 Å². The highest BCUT2D eigenvalue weighted by molar-refractivity contribution is 14.0. The van der Waals surface area contributed by atoms with Crippen molar-refractivity contribution in [2.45, 2.75) is 19.9 Å². The molecule has 0 aliphatic rings. The summed E-state index contributed by atoms with van der Waals surface area (Å²) in [6, 6.07) is 13.9. The van der Waals surface area contributed by atoms with Crippen LogP contribution in [0.1, 0.15) is 28.4 Å². The molecular weight excluding hydrogens is 485 g/mol. The molecule has 0 saturated heterocycles. The van der Waals surface area contributed by atoms with Crippen molar-refractivity contribution < 1.29 is 9.72 Å². The van der Waals surface area contributed by atoms with Crippen molar-refractivity contribution >= 4 is 41.5 Å². The molecule has 0 atom stereocenters. The average Bonchev–Trinajstić information content (AvgIpc) is 2.71. The van der Waals surface area contributed by atoms with Crippen LogP contribution in [0.2, 0.25) is 0 Å². The Labute approximate surface area is 187 Å². The number of halogens is 1. The molecule has 0 bridgehead atoms. The Morgan fingerprint density at radius 3 is 2.52 bits per heavy atom. The predicted octanol–water partition coefficient (Wildman–Crippen LogP) is 2.87. The molecule has 0 fully saturated rings. The summed E-state index contributed by atoms with van der Waals surface area (Å²) in [5.41, 5.74) is 2.50. The van der Waals surface area contributed by atoms with Crippen molar-refractivity contribution in [3.63, 3.8) is 0 Å². The van der Waals surface area contributed by atoms with Gasteiger partial charge in [-0.15, -0.1) is 24.0 Å². The van der Waals surface area contributed by atoms with Gasteiger partial charge in [0.25, 0.3) is 11.6 Å². The van der Waals surface area contributed by atoms with E-state index in [1.54, 1.807) is 19.2 Å². The third kappa shape index (κ3) is 8.06. The standard InChI is InChI=1S/C20H25N5O3.HI/c1-3-22-20(24-14-16-7-5-9-18(13-16)25(27)28)23-11-10-15-6-4-8-17(12-15)19(26)21-2;/h4-9,12-13H,3,10-11,14H2,1-2H3,(H,21,26)(H2,22,23,24);1H. The van der Waals surface area contributed by atoms with Gasteiger partial charge >= 0.3 is 0 Å². The molecule has 0 saturated carbocycles. The Bertz CT molecular complexity index is 858. The first-order valence-corrected chi connectivity index (χ1v) is 9.10. The number of aliphatic imine (C=N–C) groups is 1. The number of benzene rings is 2. The van der Waals surface area contributed by atoms with Gasteiger partial charge in [-0.2, -0.15) is 0 Å². The zero-order chi connectivity index (χ0) is 20.4. The Kier molecular flexibility index (Phi) is 10.7. The molecule has 0 radical (unpaired) electrons. The molecule has 0 heterocycles. The van der Waals surface area contributed by atoms with Gasteiger partial charge in [-0.05, 0) is 36.6 Å². The average molecular weight is 511 g/mol. The second-order valence-corrected chi connectivity index (χ2v) is 6.08. The molecule has 9 heteroatoms. The number of non-ortho nitro benzene ring substituents is 1. The second-order valence-electron chi connectivity index (χ2n) is 6.08. The number of rotatable bonds is 8. The Balaban J connectivity index is 0.00000420. The lowest BCUT2D eigenvalue weighted by Crippen LogP contribution is -2.38. The molecule has 3 N–H and O–H groups in total. The van der Waals surface area contributed by atoms with Crippen LogP contribution in [-0.2, 0) is 13.0 Å². The van der Waals surface area contributed by atoms with E-state index in [9.17, 15) is 14.9 Å². The van der Waals surface area contributed by atoms with Crippen molar-refractivity contribution in [2.75, 3.05) is 20.1 Å². The fourth-order valence-corrected chi connectivity index (χ4v) is 2.62. The fraction of sp³-hybridized carbons (Fsp3) is 0.300. The summed E-state index contributed by atoms with van der Waals surface area (Å²) in [4.78, 5) is 26.7. The number of nitrogens with one attached hydrogen (secondary N) is 3. The van der Waals surface area contributed by atoms with Gasteiger partial charge in [0.2, 0.25) is 0 Å². The molecule has 0 aliphatic carbocycles. The van der Waals surface area contributed by atoms with Crippen molar-refractivity contribution in [3.8, 4) is 0 Å². The van der Waals surface area contributed by atoms with Gasteiger partial charge < -0.3 is 16.0 Å². The molecule has 1 amide bonds. The monoisotopic (exact) mass is 511 g/mol. The van der Waals surface area contributed by atoms with E-state index >= 15 is 0 Å². The molecule has 2 aromatic rings. The van der Waals surface area contributed by atoms with Gasteiger partial charge in [0.1, 0.15) is 0 Å². The van der Waals surface area contributed by atoms with Gasteiger partial charge in [0.15, 0.2) is 5.96 Å². The maximum Gasteiger partial charge on any atom is 0.269 e. The smallest absolute Gasteiger partial charge is 0.269 e. The summed E-state index contributed by atoms with van der Waals surface area (Å²) in [7, 11) is 1.61. The molecule has 2 aromatic carbocycles. The Morgan fingerprint density at radius 2 is 1.83 bits per heavy atom. The van der Waals surface area contributed by atoms with Crippen LogP contribution in [0.4, 0.5) is 5.69 Å². The predicted molar refractivity (Wildman–Crippen MR) is 125 cm³/mol. The number of carbonyl (C=O) groups is 1. The van der Waals surface area contributed by atoms with E-state index in [2.05, 4.69) is 20.9 Å². The highest BCUT2D eigenvalue weighted by atomic mass is 127. The zero-order valence-corrected chi connectivity index (χ0v) is 18.8. The quantitative estimate of drug-likeness (QED) is 0.166. The van der Waals surface area contributed by atoms with E-state index in [4.69, 9.17) is 0 Å². The summed E-state index contributed by atoms with van der Waals surface area (Å²) < 4.78 is 0. The number of guanidine groups is 1. The lowest BCUT2D eigenvalue weighted by atomic mass is 10.1. The van der Waals surface area contributed by atoms with Crippen LogP contribution in [0.25, 0.3) is 0 Å². The number of nitro groups is 1. The summed E-state index contributed by atoms with van der Waals surface area (Å²) in [5, 5.41) is 19.9. The number of nitrogens with zero attached hydrogens (tertiary/aromatic N) is 2. The molecule has 8 nitrogen and oxygen atoms in total. The van der Waals surface area contributed by atoms with Crippen LogP contribution in [0, 0.1) is 10.1 Å². The lowest BCUT2D eigenvalue weighted by Gasteiger charge is -2.12. The third-order valence-corrected chi connectivity index (χ3v) is 4.01. The van der Waals surface area contributed by atoms with Gasteiger partial charge in [0, 0.05) is 37.8 Å². The summed E-state index contributed by atoms with van der Waals surface area (Å²) >= 11 is 0. The van der Waals surface area contributed by atoms with E-state index in [-0.39, 0.29) is 35.6 Å². The van der Waals surface area contributed by atoms with E-state index < -0.39 is 4.92 Å². The molecule has 0 unspecified atom stereocenters. The highest BCUT2D eigenvalue weighted by Gasteiger charge is 2.06. The number of carbonyl (C=O) groups excluding carboxylic acids is 1. The SMILES string of the molecule is CCNC(=NCc1cccc([N+](=O)[O-])c1)NCCc1cccc(C(=O)NC)c1.I. The normalized spacial score (nSPS) is 10.6. The molecule has 156 valence electrons. The first kappa shape index (κ1) is 24.3. The first-order chi connectivity index (χ1) is 13.5. The van der Waals surface area contributed by atoms with Gasteiger partial charge in [-0.25, -0.2) is 4.99 Å². The molecule has 2 rings (SSSR count). The fourth-order valence-electron chi connectivity index (χ4n) is 2.62. The number of amides is 1. The van der Waals surface area contributed by atoms with Crippen molar-refractivity contribution in [2.24, 2.45) is 4.99 Å². The van der Waals surface area contributed by atoms with Crippen molar-refractivity contribution in [1.29, 1.82) is 0 Å². The van der Waals surface area contributed by atoms with E-state index in [0.717, 1.165) is 17.5 Å². The maximum absolute atomic E-state index is 11.7. The van der Waals surface area contributed by atoms with Crippen LogP contribution >= 0.6 is 24.0 Å². The molecule has 29 heavy (non-hydrogen) atoms.